The minimum atomic E-state index is -0.454. The van der Waals surface area contributed by atoms with Gasteiger partial charge in [0, 0.05) is 5.69 Å². The highest BCUT2D eigenvalue weighted by atomic mass is 35.5. The van der Waals surface area contributed by atoms with Crippen LogP contribution in [-0.4, -0.2) is 18.9 Å². The van der Waals surface area contributed by atoms with Crippen molar-refractivity contribution in [2.24, 2.45) is 11.8 Å². The molecule has 0 aliphatic heterocycles. The molecular formula is C21H21ClN2O3. The number of halogens is 1. The zero-order valence-electron chi connectivity index (χ0n) is 14.9. The minimum Gasteiger partial charge on any atom is -0.497 e. The van der Waals surface area contributed by atoms with Crippen LogP contribution in [-0.2, 0) is 9.59 Å². The summed E-state index contributed by atoms with van der Waals surface area (Å²) >= 11 is 6.12. The minimum absolute atomic E-state index is 0.177. The van der Waals surface area contributed by atoms with E-state index in [9.17, 15) is 9.59 Å². The summed E-state index contributed by atoms with van der Waals surface area (Å²) in [5, 5.41) is 6.20. The smallest absolute Gasteiger partial charge is 0.228 e. The van der Waals surface area contributed by atoms with Crippen LogP contribution in [0.5, 0.6) is 5.75 Å². The number of anilines is 2. The Labute approximate surface area is 163 Å². The summed E-state index contributed by atoms with van der Waals surface area (Å²) in [6.45, 7) is 0. The van der Waals surface area contributed by atoms with Crippen LogP contribution in [0.3, 0.4) is 0 Å². The third kappa shape index (κ3) is 4.68. The number of hydrogen-bond donors (Lipinski definition) is 2. The van der Waals surface area contributed by atoms with Crippen LogP contribution in [0.1, 0.15) is 12.8 Å². The van der Waals surface area contributed by atoms with Crippen molar-refractivity contribution in [2.45, 2.75) is 12.8 Å². The van der Waals surface area contributed by atoms with Crippen LogP contribution in [0, 0.1) is 11.8 Å². The molecule has 140 valence electrons. The van der Waals surface area contributed by atoms with Gasteiger partial charge in [-0.05, 0) is 49.2 Å². The molecular weight excluding hydrogens is 364 g/mol. The largest absolute Gasteiger partial charge is 0.497 e. The maximum Gasteiger partial charge on any atom is 0.228 e. The first-order chi connectivity index (χ1) is 13.1. The number of hydrogen-bond acceptors (Lipinski definition) is 3. The number of ether oxygens (including phenoxy) is 1. The lowest BCUT2D eigenvalue weighted by Crippen LogP contribution is -2.37. The molecule has 2 aromatic carbocycles. The Morgan fingerprint density at radius 1 is 0.926 bits per heavy atom. The molecule has 0 bridgehead atoms. The maximum absolute atomic E-state index is 12.8. The van der Waals surface area contributed by atoms with Crippen molar-refractivity contribution in [3.05, 3.63) is 65.7 Å². The first-order valence-electron chi connectivity index (χ1n) is 8.74. The molecule has 0 aromatic heterocycles. The summed E-state index contributed by atoms with van der Waals surface area (Å²) in [6.07, 6.45) is 4.91. The molecule has 0 unspecified atom stereocenters. The molecule has 0 heterocycles. The second-order valence-electron chi connectivity index (χ2n) is 6.34. The predicted molar refractivity (Wildman–Crippen MR) is 107 cm³/mol. The van der Waals surface area contributed by atoms with E-state index >= 15 is 0 Å². The van der Waals surface area contributed by atoms with Gasteiger partial charge in [0.05, 0.1) is 29.7 Å². The van der Waals surface area contributed by atoms with Crippen molar-refractivity contribution >= 4 is 34.8 Å². The van der Waals surface area contributed by atoms with Gasteiger partial charge < -0.3 is 15.4 Å². The van der Waals surface area contributed by atoms with Crippen molar-refractivity contribution in [1.82, 2.24) is 0 Å². The Morgan fingerprint density at radius 2 is 1.52 bits per heavy atom. The van der Waals surface area contributed by atoms with Gasteiger partial charge in [-0.2, -0.15) is 0 Å². The van der Waals surface area contributed by atoms with Crippen LogP contribution in [0.25, 0.3) is 0 Å². The summed E-state index contributed by atoms with van der Waals surface area (Å²) in [6, 6.07) is 14.2. The maximum atomic E-state index is 12.8. The molecule has 1 aliphatic rings. The topological polar surface area (TPSA) is 67.4 Å². The highest BCUT2D eigenvalue weighted by Gasteiger charge is 2.34. The molecule has 0 saturated heterocycles. The van der Waals surface area contributed by atoms with Crippen molar-refractivity contribution in [2.75, 3.05) is 17.7 Å². The van der Waals surface area contributed by atoms with Gasteiger partial charge in [0.2, 0.25) is 11.8 Å². The first kappa shape index (κ1) is 19.0. The standard InChI is InChI=1S/C21H21ClN2O3/c1-27-15-12-10-14(11-13-15)23-20(25)16-6-2-3-7-17(16)21(26)24-19-9-5-4-8-18(19)22/h2-5,8-13,16-17H,6-7H2,1H3,(H,23,25)(H,24,26)/t16-,17+/m0/s1. The molecule has 2 aromatic rings. The fourth-order valence-electron chi connectivity index (χ4n) is 3.09. The number of amides is 2. The summed E-state index contributed by atoms with van der Waals surface area (Å²) in [5.41, 5.74) is 1.22. The van der Waals surface area contributed by atoms with Gasteiger partial charge in [0.15, 0.2) is 0 Å². The lowest BCUT2D eigenvalue weighted by atomic mass is 9.81. The highest BCUT2D eigenvalue weighted by molar-refractivity contribution is 6.33. The van der Waals surface area contributed by atoms with Gasteiger partial charge in [-0.25, -0.2) is 0 Å². The molecule has 3 rings (SSSR count). The molecule has 2 N–H and O–H groups in total. The first-order valence-corrected chi connectivity index (χ1v) is 9.11. The fraction of sp³-hybridized carbons (Fsp3) is 0.238. The number of rotatable bonds is 5. The normalized spacial score (nSPS) is 18.6. The van der Waals surface area contributed by atoms with Crippen molar-refractivity contribution in [3.63, 3.8) is 0 Å². The summed E-state index contributed by atoms with van der Waals surface area (Å²) in [5.74, 6) is -0.569. The average Bonchev–Trinajstić information content (AvgIpc) is 2.70. The van der Waals surface area contributed by atoms with E-state index in [2.05, 4.69) is 10.6 Å². The van der Waals surface area contributed by atoms with Gasteiger partial charge in [0.25, 0.3) is 0 Å². The number of carbonyl (C=O) groups is 2. The zero-order chi connectivity index (χ0) is 19.2. The van der Waals surface area contributed by atoms with Gasteiger partial charge in [-0.3, -0.25) is 9.59 Å². The average molecular weight is 385 g/mol. The molecule has 27 heavy (non-hydrogen) atoms. The monoisotopic (exact) mass is 384 g/mol. The number of benzene rings is 2. The molecule has 0 fully saturated rings. The van der Waals surface area contributed by atoms with Crippen molar-refractivity contribution in [3.8, 4) is 5.75 Å². The van der Waals surface area contributed by atoms with Gasteiger partial charge in [-0.15, -0.1) is 0 Å². The predicted octanol–water partition coefficient (Wildman–Crippen LogP) is 4.51. The van der Waals surface area contributed by atoms with E-state index in [0.717, 1.165) is 0 Å². The lowest BCUT2D eigenvalue weighted by molar-refractivity contribution is -0.129. The van der Waals surface area contributed by atoms with E-state index in [1.165, 1.54) is 0 Å². The zero-order valence-corrected chi connectivity index (χ0v) is 15.7. The number of para-hydroxylation sites is 1. The van der Waals surface area contributed by atoms with Crippen molar-refractivity contribution in [1.29, 1.82) is 0 Å². The van der Waals surface area contributed by atoms with Crippen LogP contribution in [0.4, 0.5) is 11.4 Å². The Morgan fingerprint density at radius 3 is 2.11 bits per heavy atom. The van der Waals surface area contributed by atoms with E-state index in [-0.39, 0.29) is 11.8 Å². The molecule has 2 amide bonds. The number of methoxy groups -OCH3 is 1. The van der Waals surface area contributed by atoms with Crippen molar-refractivity contribution < 1.29 is 14.3 Å². The number of carbonyl (C=O) groups excluding carboxylic acids is 2. The molecule has 0 radical (unpaired) electrons. The fourth-order valence-corrected chi connectivity index (χ4v) is 3.27. The van der Waals surface area contributed by atoms with Gasteiger partial charge in [-0.1, -0.05) is 35.9 Å². The van der Waals surface area contributed by atoms with Crippen LogP contribution >= 0.6 is 11.6 Å². The SMILES string of the molecule is COc1ccc(NC(=O)[C@H]2CC=CC[C@H]2C(=O)Nc2ccccc2Cl)cc1. The third-order valence-corrected chi connectivity index (χ3v) is 4.92. The molecule has 5 nitrogen and oxygen atoms in total. The molecule has 2 atom stereocenters. The second kappa shape index (κ2) is 8.73. The number of nitrogens with one attached hydrogen (secondary N) is 2. The Kier molecular flexibility index (Phi) is 6.14. The Balaban J connectivity index is 1.70. The molecule has 0 spiro atoms. The Bertz CT molecular complexity index is 849. The number of allylic oxidation sites excluding steroid dienone is 2. The third-order valence-electron chi connectivity index (χ3n) is 4.60. The molecule has 1 aliphatic carbocycles. The van der Waals surface area contributed by atoms with Crippen LogP contribution < -0.4 is 15.4 Å². The van der Waals surface area contributed by atoms with E-state index in [4.69, 9.17) is 16.3 Å². The molecule has 0 saturated carbocycles. The van der Waals surface area contributed by atoms with Crippen LogP contribution in [0.2, 0.25) is 5.02 Å². The van der Waals surface area contributed by atoms with Gasteiger partial charge in [0.1, 0.15) is 5.75 Å². The summed E-state index contributed by atoms with van der Waals surface area (Å²) in [7, 11) is 1.59. The summed E-state index contributed by atoms with van der Waals surface area (Å²) in [4.78, 5) is 25.5. The second-order valence-corrected chi connectivity index (χ2v) is 6.75. The van der Waals surface area contributed by atoms with Gasteiger partial charge >= 0.3 is 0 Å². The van der Waals surface area contributed by atoms with E-state index < -0.39 is 11.8 Å². The highest BCUT2D eigenvalue weighted by Crippen LogP contribution is 2.30. The Hall–Kier alpha value is -2.79. The van der Waals surface area contributed by atoms with E-state index in [0.29, 0.717) is 35.0 Å². The van der Waals surface area contributed by atoms with E-state index in [1.54, 1.807) is 55.6 Å². The van der Waals surface area contributed by atoms with Crippen LogP contribution in [0.15, 0.2) is 60.7 Å². The summed E-state index contributed by atoms with van der Waals surface area (Å²) < 4.78 is 5.12. The van der Waals surface area contributed by atoms with E-state index in [1.807, 2.05) is 12.2 Å². The lowest BCUT2D eigenvalue weighted by Gasteiger charge is -2.27. The molecule has 6 heteroatoms. The quantitative estimate of drug-likeness (QED) is 0.745.